The predicted octanol–water partition coefficient (Wildman–Crippen LogP) is 2.29. The van der Waals surface area contributed by atoms with Crippen LogP contribution in [-0.4, -0.2) is 45.2 Å². The second-order valence-electron chi connectivity index (χ2n) is 6.40. The van der Waals surface area contributed by atoms with Crippen LogP contribution in [0, 0.1) is 5.82 Å². The molecule has 0 aromatic heterocycles. The third kappa shape index (κ3) is 8.21. The van der Waals surface area contributed by atoms with Crippen molar-refractivity contribution >= 4 is 11.9 Å². The van der Waals surface area contributed by atoms with E-state index < -0.39 is 0 Å². The highest BCUT2D eigenvalue weighted by atomic mass is 19.1. The second kappa shape index (κ2) is 12.4. The standard InChI is InChI=1S/C22H29FN4O2/c1-3-24-22(26-13-12-18-6-4-5-7-20(18)29-2)27-15-14-25-21(28)16-17-8-10-19(23)11-9-17/h4-11H,3,12-16H2,1-2H3,(H,25,28)(H2,24,26,27). The summed E-state index contributed by atoms with van der Waals surface area (Å²) in [7, 11) is 1.66. The van der Waals surface area contributed by atoms with Crippen molar-refractivity contribution in [3.63, 3.8) is 0 Å². The molecule has 6 nitrogen and oxygen atoms in total. The SMILES string of the molecule is CCNC(=NCCc1ccccc1OC)NCCNC(=O)Cc1ccc(F)cc1. The zero-order valence-corrected chi connectivity index (χ0v) is 17.0. The van der Waals surface area contributed by atoms with Crippen LogP contribution in [0.2, 0.25) is 0 Å². The maximum Gasteiger partial charge on any atom is 0.224 e. The molecule has 2 aromatic carbocycles. The van der Waals surface area contributed by atoms with Crippen LogP contribution >= 0.6 is 0 Å². The molecular formula is C22H29FN4O2. The zero-order valence-electron chi connectivity index (χ0n) is 17.0. The second-order valence-corrected chi connectivity index (χ2v) is 6.40. The maximum absolute atomic E-state index is 12.9. The van der Waals surface area contributed by atoms with Gasteiger partial charge in [-0.1, -0.05) is 30.3 Å². The Morgan fingerprint density at radius 1 is 1.03 bits per heavy atom. The van der Waals surface area contributed by atoms with Crippen molar-refractivity contribution in [3.05, 3.63) is 65.5 Å². The topological polar surface area (TPSA) is 74.8 Å². The number of halogens is 1. The van der Waals surface area contributed by atoms with Crippen molar-refractivity contribution in [1.29, 1.82) is 0 Å². The summed E-state index contributed by atoms with van der Waals surface area (Å²) < 4.78 is 18.3. The third-order valence-electron chi connectivity index (χ3n) is 4.21. The Kier molecular flexibility index (Phi) is 9.48. The normalized spacial score (nSPS) is 11.1. The Bertz CT molecular complexity index is 794. The number of rotatable bonds is 10. The number of ether oxygens (including phenoxy) is 1. The van der Waals surface area contributed by atoms with Crippen molar-refractivity contribution in [2.75, 3.05) is 33.3 Å². The summed E-state index contributed by atoms with van der Waals surface area (Å²) in [6.07, 6.45) is 1.00. The van der Waals surface area contributed by atoms with E-state index in [9.17, 15) is 9.18 Å². The highest BCUT2D eigenvalue weighted by Crippen LogP contribution is 2.17. The van der Waals surface area contributed by atoms with E-state index >= 15 is 0 Å². The van der Waals surface area contributed by atoms with Gasteiger partial charge in [-0.3, -0.25) is 9.79 Å². The molecule has 0 aliphatic rings. The number of hydrogen-bond donors (Lipinski definition) is 3. The fourth-order valence-electron chi connectivity index (χ4n) is 2.77. The van der Waals surface area contributed by atoms with Gasteiger partial charge >= 0.3 is 0 Å². The van der Waals surface area contributed by atoms with E-state index in [0.29, 0.717) is 25.6 Å². The first kappa shape index (κ1) is 22.2. The van der Waals surface area contributed by atoms with Crippen LogP contribution in [0.5, 0.6) is 5.75 Å². The van der Waals surface area contributed by atoms with Crippen LogP contribution in [-0.2, 0) is 17.6 Å². The molecule has 0 bridgehead atoms. The molecule has 0 saturated carbocycles. The van der Waals surface area contributed by atoms with Crippen LogP contribution in [0.4, 0.5) is 4.39 Å². The summed E-state index contributed by atoms with van der Waals surface area (Å²) in [5.41, 5.74) is 1.89. The summed E-state index contributed by atoms with van der Waals surface area (Å²) in [5, 5.41) is 9.24. The molecule has 0 aliphatic carbocycles. The first-order valence-electron chi connectivity index (χ1n) is 9.77. The lowest BCUT2D eigenvalue weighted by molar-refractivity contribution is -0.120. The lowest BCUT2D eigenvalue weighted by Crippen LogP contribution is -2.41. The molecule has 0 fully saturated rings. The lowest BCUT2D eigenvalue weighted by atomic mass is 10.1. The fourth-order valence-corrected chi connectivity index (χ4v) is 2.77. The van der Waals surface area contributed by atoms with Gasteiger partial charge in [0.15, 0.2) is 5.96 Å². The van der Waals surface area contributed by atoms with E-state index in [4.69, 9.17) is 4.74 Å². The molecule has 0 atom stereocenters. The number of methoxy groups -OCH3 is 1. The van der Waals surface area contributed by atoms with Crippen molar-refractivity contribution in [2.45, 2.75) is 19.8 Å². The first-order chi connectivity index (χ1) is 14.1. The molecule has 0 radical (unpaired) electrons. The Hall–Kier alpha value is -3.09. The molecule has 0 saturated heterocycles. The molecular weight excluding hydrogens is 371 g/mol. The van der Waals surface area contributed by atoms with E-state index in [2.05, 4.69) is 20.9 Å². The van der Waals surface area contributed by atoms with Gasteiger partial charge in [-0.15, -0.1) is 0 Å². The summed E-state index contributed by atoms with van der Waals surface area (Å²) >= 11 is 0. The minimum Gasteiger partial charge on any atom is -0.496 e. The van der Waals surface area contributed by atoms with Crippen LogP contribution in [0.3, 0.4) is 0 Å². The van der Waals surface area contributed by atoms with Gasteiger partial charge in [0.25, 0.3) is 0 Å². The Morgan fingerprint density at radius 2 is 1.76 bits per heavy atom. The van der Waals surface area contributed by atoms with Crippen LogP contribution in [0.1, 0.15) is 18.1 Å². The minimum absolute atomic E-state index is 0.100. The number of carbonyl (C=O) groups excluding carboxylic acids is 1. The first-order valence-corrected chi connectivity index (χ1v) is 9.77. The number of aliphatic imine (C=N–C) groups is 1. The van der Waals surface area contributed by atoms with Gasteiger partial charge < -0.3 is 20.7 Å². The summed E-state index contributed by atoms with van der Waals surface area (Å²) in [6, 6.07) is 13.8. The summed E-state index contributed by atoms with van der Waals surface area (Å²) in [6.45, 7) is 4.39. The predicted molar refractivity (Wildman–Crippen MR) is 114 cm³/mol. The molecule has 156 valence electrons. The Morgan fingerprint density at radius 3 is 2.48 bits per heavy atom. The number of carbonyl (C=O) groups is 1. The van der Waals surface area contributed by atoms with Gasteiger partial charge in [0.1, 0.15) is 11.6 Å². The molecule has 7 heteroatoms. The van der Waals surface area contributed by atoms with Gasteiger partial charge in [0, 0.05) is 26.2 Å². The smallest absolute Gasteiger partial charge is 0.224 e. The van der Waals surface area contributed by atoms with E-state index in [-0.39, 0.29) is 18.1 Å². The Labute approximate surface area is 171 Å². The van der Waals surface area contributed by atoms with Crippen LogP contribution in [0.15, 0.2) is 53.5 Å². The molecule has 0 heterocycles. The minimum atomic E-state index is -0.306. The molecule has 1 amide bonds. The molecule has 0 spiro atoms. The van der Waals surface area contributed by atoms with Gasteiger partial charge in [0.05, 0.1) is 13.5 Å². The molecule has 29 heavy (non-hydrogen) atoms. The molecule has 0 unspecified atom stereocenters. The summed E-state index contributed by atoms with van der Waals surface area (Å²) in [4.78, 5) is 16.5. The number of hydrogen-bond acceptors (Lipinski definition) is 3. The quantitative estimate of drug-likeness (QED) is 0.325. The number of nitrogens with one attached hydrogen (secondary N) is 3. The summed E-state index contributed by atoms with van der Waals surface area (Å²) in [5.74, 6) is 1.16. The fraction of sp³-hybridized carbons (Fsp3) is 0.364. The van der Waals surface area contributed by atoms with Gasteiger partial charge in [-0.25, -0.2) is 4.39 Å². The number of amides is 1. The van der Waals surface area contributed by atoms with Crippen molar-refractivity contribution in [1.82, 2.24) is 16.0 Å². The van der Waals surface area contributed by atoms with Gasteiger partial charge in [0.2, 0.25) is 5.91 Å². The van der Waals surface area contributed by atoms with Crippen molar-refractivity contribution in [2.24, 2.45) is 4.99 Å². The molecule has 2 aromatic rings. The lowest BCUT2D eigenvalue weighted by Gasteiger charge is -2.12. The maximum atomic E-state index is 12.9. The highest BCUT2D eigenvalue weighted by Gasteiger charge is 2.04. The van der Waals surface area contributed by atoms with Crippen molar-refractivity contribution in [3.8, 4) is 5.75 Å². The van der Waals surface area contributed by atoms with Gasteiger partial charge in [-0.05, 0) is 42.7 Å². The zero-order chi connectivity index (χ0) is 20.9. The van der Waals surface area contributed by atoms with E-state index in [1.807, 2.05) is 31.2 Å². The van der Waals surface area contributed by atoms with Crippen LogP contribution in [0.25, 0.3) is 0 Å². The average molecular weight is 400 g/mol. The van der Waals surface area contributed by atoms with Crippen molar-refractivity contribution < 1.29 is 13.9 Å². The number of nitrogens with zero attached hydrogens (tertiary/aromatic N) is 1. The number of benzene rings is 2. The van der Waals surface area contributed by atoms with E-state index in [1.54, 1.807) is 19.2 Å². The Balaban J connectivity index is 1.73. The average Bonchev–Trinajstić information content (AvgIpc) is 2.73. The molecule has 3 N–H and O–H groups in total. The number of guanidine groups is 1. The van der Waals surface area contributed by atoms with Crippen LogP contribution < -0.4 is 20.7 Å². The third-order valence-corrected chi connectivity index (χ3v) is 4.21. The highest BCUT2D eigenvalue weighted by molar-refractivity contribution is 5.80. The molecule has 0 aliphatic heterocycles. The monoisotopic (exact) mass is 400 g/mol. The largest absolute Gasteiger partial charge is 0.496 e. The van der Waals surface area contributed by atoms with Gasteiger partial charge in [-0.2, -0.15) is 0 Å². The van der Waals surface area contributed by atoms with E-state index in [0.717, 1.165) is 29.8 Å². The van der Waals surface area contributed by atoms with E-state index in [1.165, 1.54) is 12.1 Å². The number of para-hydroxylation sites is 1. The molecule has 2 rings (SSSR count).